The van der Waals surface area contributed by atoms with E-state index in [0.717, 1.165) is 11.9 Å². The van der Waals surface area contributed by atoms with Crippen LogP contribution in [0.2, 0.25) is 0 Å². The van der Waals surface area contributed by atoms with Gasteiger partial charge in [0.25, 0.3) is 5.67 Å². The Balaban J connectivity index is 0.00000769. The summed E-state index contributed by atoms with van der Waals surface area (Å²) in [5.41, 5.74) is -5.06. The summed E-state index contributed by atoms with van der Waals surface area (Å²) in [4.78, 5) is 49.8. The van der Waals surface area contributed by atoms with Gasteiger partial charge in [0.05, 0.1) is 30.0 Å². The number of ketones is 1. The topological polar surface area (TPSA) is 180 Å². The van der Waals surface area contributed by atoms with Crippen molar-refractivity contribution in [2.24, 2.45) is 11.8 Å². The highest BCUT2D eigenvalue weighted by atomic mass is 32.1. The molecule has 5 rings (SSSR count). The van der Waals surface area contributed by atoms with Crippen molar-refractivity contribution in [2.75, 3.05) is 34.3 Å². The summed E-state index contributed by atoms with van der Waals surface area (Å²) in [5.74, 6) is -3.84. The minimum atomic E-state index is -3.13. The molecule has 2 aromatic rings. The minimum absolute atomic E-state index is 0. The molecule has 3 aliphatic heterocycles. The highest BCUT2D eigenvalue weighted by Gasteiger charge is 2.60. The molecule has 0 spiro atoms. The molecule has 2 N–H and O–H groups in total. The van der Waals surface area contributed by atoms with Gasteiger partial charge in [0.2, 0.25) is 0 Å². The quantitative estimate of drug-likeness (QED) is 0.129. The zero-order valence-electron chi connectivity index (χ0n) is 35.8. The molecule has 3 saturated heterocycles. The van der Waals surface area contributed by atoms with Crippen molar-refractivity contribution in [1.29, 1.82) is 0 Å². The van der Waals surface area contributed by atoms with Crippen molar-refractivity contribution in [2.45, 2.75) is 197 Å². The van der Waals surface area contributed by atoms with Gasteiger partial charge in [0, 0.05) is 49.8 Å². The molecule has 3 fully saturated rings. The molecule has 0 radical (unpaired) electrons. The van der Waals surface area contributed by atoms with Crippen molar-refractivity contribution in [3.05, 3.63) is 17.8 Å². The number of Topliss-reactive ketones (excluding diaryl/α,β-unsaturated/α-hetero) is 1. The molecule has 0 bridgehead atoms. The number of hydrogen-bond donors (Lipinski definition) is 2. The highest BCUT2D eigenvalue weighted by Crippen LogP contribution is 2.41. The van der Waals surface area contributed by atoms with E-state index in [1.54, 1.807) is 36.5 Å². The van der Waals surface area contributed by atoms with Gasteiger partial charge in [-0.25, -0.2) is 19.0 Å². The highest BCUT2D eigenvalue weighted by molar-refractivity contribution is 7.13. The number of halogens is 1. The standard InChI is InChI=1S/C40H64FN7O9S.5CH4/c1-12-29-40(8)31(48(37(52)57-40)17-14-13-16-47-22-27(44-45-47)34-42-15-18-58-34)26(5)43-21-23(2)20-38(6,53-11)33(25(4)32(50)39(7,41)36(51)55-29)56-35-30(49)28(46(9)10)19-24(3)54-35;;;;;/h15,18,22-26,28-31,33,35,43,49H,12-14,16-17,19-21H2,1-11H3;5*1H4/t23-,24?,25+,26-,28?,29-,30?,31-,33-,35+,38-,39?,40-;;;;;/m1...../s1. The smallest absolute Gasteiger partial charge is 0.410 e. The van der Waals surface area contributed by atoms with Gasteiger partial charge in [0.15, 0.2) is 17.7 Å². The average Bonchev–Trinajstić information content (AvgIpc) is 3.93. The monoisotopic (exact) mass is 918 g/mol. The number of aryl methyl sites for hydroxylation is 1. The Hall–Kier alpha value is -3.13. The van der Waals surface area contributed by atoms with Crippen LogP contribution >= 0.6 is 11.3 Å². The van der Waals surface area contributed by atoms with Crippen LogP contribution in [0, 0.1) is 11.8 Å². The number of aromatic nitrogens is 4. The first kappa shape index (κ1) is 59.9. The van der Waals surface area contributed by atoms with E-state index in [0.29, 0.717) is 51.0 Å². The molecule has 18 heteroatoms. The van der Waals surface area contributed by atoms with Crippen molar-refractivity contribution >= 4 is 29.2 Å². The number of cyclic esters (lactones) is 1. The normalized spacial score (nSPS) is 35.2. The molecule has 366 valence electrons. The van der Waals surface area contributed by atoms with Crippen molar-refractivity contribution < 1.29 is 47.6 Å². The van der Waals surface area contributed by atoms with E-state index in [1.807, 2.05) is 51.3 Å². The lowest BCUT2D eigenvalue weighted by atomic mass is 9.78. The van der Waals surface area contributed by atoms with Gasteiger partial charge in [0.1, 0.15) is 22.9 Å². The Morgan fingerprint density at radius 1 is 1.05 bits per heavy atom. The predicted molar refractivity (Wildman–Crippen MR) is 247 cm³/mol. The largest absolute Gasteiger partial charge is 0.455 e. The molecule has 2 aromatic heterocycles. The lowest BCUT2D eigenvalue weighted by molar-refractivity contribution is -0.295. The van der Waals surface area contributed by atoms with Crippen molar-refractivity contribution in [3.8, 4) is 10.7 Å². The number of unbranched alkanes of at least 4 members (excludes halogenated alkanes) is 1. The number of carbonyl (C=O) groups is 3. The van der Waals surface area contributed by atoms with Gasteiger partial charge in [-0.3, -0.25) is 14.4 Å². The second-order valence-electron chi connectivity index (χ2n) is 17.2. The number of esters is 1. The SMILES string of the molecule is C.C.C.C.C.CC[C@H]1OC(=O)C(C)(F)C(=O)[C@H](C)[C@@H](O[C@@H]2OC(C)CC(N(C)C)C2O)[C@](C)(OC)C[C@@H](C)CN[C@H](C)[C@H]2N(CCCCn3cc(-c4nccs4)nn3)C(=O)O[C@]12C. The Morgan fingerprint density at radius 2 is 1.70 bits per heavy atom. The first-order chi connectivity index (χ1) is 27.3. The van der Waals surface area contributed by atoms with Gasteiger partial charge < -0.3 is 39.0 Å². The third-order valence-corrected chi connectivity index (χ3v) is 13.1. The zero-order valence-corrected chi connectivity index (χ0v) is 36.7. The first-order valence-electron chi connectivity index (χ1n) is 20.4. The number of hydrogen-bond acceptors (Lipinski definition) is 15. The van der Waals surface area contributed by atoms with E-state index in [9.17, 15) is 19.5 Å². The number of ether oxygens (including phenoxy) is 5. The van der Waals surface area contributed by atoms with Crippen LogP contribution in [0.15, 0.2) is 17.8 Å². The number of aliphatic hydroxyl groups is 1. The fraction of sp³-hybridized carbons (Fsp3) is 0.822. The van der Waals surface area contributed by atoms with Gasteiger partial charge in [-0.2, -0.15) is 0 Å². The second-order valence-corrected chi connectivity index (χ2v) is 18.1. The third kappa shape index (κ3) is 12.8. The summed E-state index contributed by atoms with van der Waals surface area (Å²) in [5, 5.41) is 26.1. The summed E-state index contributed by atoms with van der Waals surface area (Å²) < 4.78 is 49.5. The maximum Gasteiger partial charge on any atom is 0.410 e. The minimum Gasteiger partial charge on any atom is -0.455 e. The van der Waals surface area contributed by atoms with E-state index in [2.05, 4.69) is 20.6 Å². The molecule has 5 heterocycles. The van der Waals surface area contributed by atoms with Crippen LogP contribution in [0.1, 0.15) is 125 Å². The van der Waals surface area contributed by atoms with Gasteiger partial charge >= 0.3 is 12.1 Å². The van der Waals surface area contributed by atoms with E-state index in [4.69, 9.17) is 23.7 Å². The molecule has 13 atom stereocenters. The number of fused-ring (bicyclic) bond motifs is 1. The van der Waals surface area contributed by atoms with Crippen LogP contribution in [-0.2, 0) is 39.8 Å². The number of alkyl halides is 1. The fourth-order valence-corrected chi connectivity index (χ4v) is 9.66. The van der Waals surface area contributed by atoms with Crippen LogP contribution in [0.5, 0.6) is 0 Å². The number of methoxy groups -OCH3 is 1. The molecule has 3 aliphatic rings. The van der Waals surface area contributed by atoms with Crippen molar-refractivity contribution in [1.82, 2.24) is 35.1 Å². The van der Waals surface area contributed by atoms with Crippen LogP contribution < -0.4 is 5.32 Å². The van der Waals surface area contributed by atoms with Gasteiger partial charge in [-0.05, 0) is 93.3 Å². The first-order valence-corrected chi connectivity index (χ1v) is 21.3. The molecule has 0 aliphatic carbocycles. The van der Waals surface area contributed by atoms with Gasteiger partial charge in [-0.15, -0.1) is 16.4 Å². The van der Waals surface area contributed by atoms with Crippen LogP contribution in [0.4, 0.5) is 9.18 Å². The van der Waals surface area contributed by atoms with Crippen LogP contribution in [-0.4, -0.2) is 153 Å². The fourth-order valence-electron chi connectivity index (χ4n) is 9.07. The summed E-state index contributed by atoms with van der Waals surface area (Å²) in [6.07, 6.45) is 0.517. The average molecular weight is 918 g/mol. The maximum atomic E-state index is 16.9. The lowest BCUT2D eigenvalue weighted by Crippen LogP contribution is -2.61. The van der Waals surface area contributed by atoms with E-state index in [1.165, 1.54) is 25.4 Å². The second kappa shape index (κ2) is 24.4. The summed E-state index contributed by atoms with van der Waals surface area (Å²) in [7, 11) is 5.21. The Bertz CT molecular complexity index is 1700. The molecule has 0 saturated carbocycles. The Morgan fingerprint density at radius 3 is 2.29 bits per heavy atom. The number of amides is 1. The van der Waals surface area contributed by atoms with Gasteiger partial charge in [-0.1, -0.05) is 63.1 Å². The number of carbonyl (C=O) groups excluding carboxylic acids is 3. The molecule has 1 amide bonds. The zero-order chi connectivity index (χ0) is 42.7. The lowest BCUT2D eigenvalue weighted by Gasteiger charge is -2.47. The molecule has 63 heavy (non-hydrogen) atoms. The number of rotatable bonds is 11. The molecular weight excluding hydrogens is 834 g/mol. The third-order valence-electron chi connectivity index (χ3n) is 12.3. The van der Waals surface area contributed by atoms with Crippen molar-refractivity contribution in [3.63, 3.8) is 0 Å². The molecule has 0 aromatic carbocycles. The number of likely N-dealkylation sites (N-methyl/N-ethyl adjacent to an activating group) is 1. The summed E-state index contributed by atoms with van der Waals surface area (Å²) in [6, 6.07) is -1.33. The Kier molecular flexibility index (Phi) is 23.2. The number of thiazole rings is 1. The molecular formula is C45H84FN7O9S. The van der Waals surface area contributed by atoms with E-state index >= 15 is 4.39 Å². The number of nitrogens with zero attached hydrogens (tertiary/aromatic N) is 6. The van der Waals surface area contributed by atoms with E-state index < -0.39 is 71.3 Å². The maximum absolute atomic E-state index is 16.9. The van der Waals surface area contributed by atoms with Crippen LogP contribution in [0.25, 0.3) is 10.7 Å². The molecule has 16 nitrogen and oxygen atoms in total. The number of nitrogens with one attached hydrogen (secondary N) is 1. The predicted octanol–water partition coefficient (Wildman–Crippen LogP) is 7.43. The number of aliphatic hydroxyl groups excluding tert-OH is 1. The van der Waals surface area contributed by atoms with Crippen LogP contribution in [0.3, 0.4) is 0 Å². The Labute approximate surface area is 382 Å². The summed E-state index contributed by atoms with van der Waals surface area (Å²) >= 11 is 1.48. The summed E-state index contributed by atoms with van der Waals surface area (Å²) in [6.45, 7) is 14.8. The molecule has 4 unspecified atom stereocenters. The van der Waals surface area contributed by atoms with E-state index in [-0.39, 0.29) is 67.7 Å².